The van der Waals surface area contributed by atoms with Crippen LogP contribution in [0.15, 0.2) is 36.5 Å². The standard InChI is InChI=1S/C17H19ClN2O/c1-11(2)14-6-4-13(5-7-14)9-20-17(21)15-10-19-12(3)8-16(15)18/h4-8,10-11H,9H2,1-3H3,(H,20,21). The van der Waals surface area contributed by atoms with Crippen LogP contribution in [0.25, 0.3) is 0 Å². The van der Waals surface area contributed by atoms with Crippen molar-refractivity contribution in [2.75, 3.05) is 0 Å². The molecule has 0 radical (unpaired) electrons. The van der Waals surface area contributed by atoms with Crippen molar-refractivity contribution in [3.05, 3.63) is 63.9 Å². The minimum atomic E-state index is -0.208. The maximum absolute atomic E-state index is 12.1. The number of nitrogens with one attached hydrogen (secondary N) is 1. The molecule has 0 unspecified atom stereocenters. The van der Waals surface area contributed by atoms with Crippen molar-refractivity contribution in [2.24, 2.45) is 0 Å². The molecule has 3 nitrogen and oxygen atoms in total. The van der Waals surface area contributed by atoms with Crippen LogP contribution < -0.4 is 5.32 Å². The molecule has 0 fully saturated rings. The second-order valence-electron chi connectivity index (χ2n) is 5.38. The van der Waals surface area contributed by atoms with Crippen LogP contribution in [0.2, 0.25) is 5.02 Å². The molecule has 1 amide bonds. The van der Waals surface area contributed by atoms with Gasteiger partial charge in [0.1, 0.15) is 0 Å². The fourth-order valence-electron chi connectivity index (χ4n) is 1.99. The van der Waals surface area contributed by atoms with Gasteiger partial charge in [0.25, 0.3) is 5.91 Å². The Balaban J connectivity index is 2.00. The number of hydrogen-bond acceptors (Lipinski definition) is 2. The minimum absolute atomic E-state index is 0.208. The van der Waals surface area contributed by atoms with Crippen molar-refractivity contribution in [3.63, 3.8) is 0 Å². The quantitative estimate of drug-likeness (QED) is 0.924. The van der Waals surface area contributed by atoms with Crippen LogP contribution >= 0.6 is 11.6 Å². The van der Waals surface area contributed by atoms with Gasteiger partial charge in [-0.1, -0.05) is 49.7 Å². The summed E-state index contributed by atoms with van der Waals surface area (Å²) >= 11 is 6.06. The average molecular weight is 303 g/mol. The van der Waals surface area contributed by atoms with Gasteiger partial charge in [-0.05, 0) is 30.0 Å². The first-order chi connectivity index (χ1) is 9.97. The van der Waals surface area contributed by atoms with E-state index in [4.69, 9.17) is 11.6 Å². The van der Waals surface area contributed by atoms with Crippen LogP contribution in [-0.2, 0) is 6.54 Å². The monoisotopic (exact) mass is 302 g/mol. The fourth-order valence-corrected chi connectivity index (χ4v) is 2.28. The predicted molar refractivity (Wildman–Crippen MR) is 85.7 cm³/mol. The molecule has 1 heterocycles. The normalized spacial score (nSPS) is 10.7. The van der Waals surface area contributed by atoms with Crippen LogP contribution in [0.1, 0.15) is 46.9 Å². The number of rotatable bonds is 4. The van der Waals surface area contributed by atoms with E-state index in [1.807, 2.05) is 19.1 Å². The van der Waals surface area contributed by atoms with Gasteiger partial charge in [0.15, 0.2) is 0 Å². The molecule has 0 bridgehead atoms. The first kappa shape index (κ1) is 15.5. The molecule has 1 N–H and O–H groups in total. The number of halogens is 1. The molecule has 2 aromatic rings. The van der Waals surface area contributed by atoms with Gasteiger partial charge in [-0.25, -0.2) is 0 Å². The van der Waals surface area contributed by atoms with Gasteiger partial charge >= 0.3 is 0 Å². The van der Waals surface area contributed by atoms with Crippen LogP contribution in [-0.4, -0.2) is 10.9 Å². The molecule has 4 heteroatoms. The highest BCUT2D eigenvalue weighted by Gasteiger charge is 2.10. The fraction of sp³-hybridized carbons (Fsp3) is 0.294. The van der Waals surface area contributed by atoms with Gasteiger partial charge in [0, 0.05) is 18.4 Å². The number of aryl methyl sites for hydroxylation is 1. The topological polar surface area (TPSA) is 42.0 Å². The summed E-state index contributed by atoms with van der Waals surface area (Å²) in [5.41, 5.74) is 3.54. The summed E-state index contributed by atoms with van der Waals surface area (Å²) in [7, 11) is 0. The third-order valence-corrected chi connectivity index (χ3v) is 3.65. The van der Waals surface area contributed by atoms with Gasteiger partial charge in [-0.3, -0.25) is 9.78 Å². The molecule has 1 aromatic heterocycles. The molecular weight excluding hydrogens is 284 g/mol. The lowest BCUT2D eigenvalue weighted by molar-refractivity contribution is 0.0950. The lowest BCUT2D eigenvalue weighted by Crippen LogP contribution is -2.23. The lowest BCUT2D eigenvalue weighted by atomic mass is 10.0. The van der Waals surface area contributed by atoms with Gasteiger partial charge < -0.3 is 5.32 Å². The summed E-state index contributed by atoms with van der Waals surface area (Å²) in [6.07, 6.45) is 1.51. The number of nitrogens with zero attached hydrogens (tertiary/aromatic N) is 1. The lowest BCUT2D eigenvalue weighted by Gasteiger charge is -2.09. The SMILES string of the molecule is Cc1cc(Cl)c(C(=O)NCc2ccc(C(C)C)cc2)cn1. The largest absolute Gasteiger partial charge is 0.348 e. The average Bonchev–Trinajstić information content (AvgIpc) is 2.45. The summed E-state index contributed by atoms with van der Waals surface area (Å²) in [6.45, 7) is 6.62. The van der Waals surface area contributed by atoms with Gasteiger partial charge in [-0.15, -0.1) is 0 Å². The zero-order chi connectivity index (χ0) is 15.4. The number of amides is 1. The summed E-state index contributed by atoms with van der Waals surface area (Å²) in [6, 6.07) is 9.93. The number of pyridine rings is 1. The third kappa shape index (κ3) is 4.05. The van der Waals surface area contributed by atoms with Crippen molar-refractivity contribution >= 4 is 17.5 Å². The van der Waals surface area contributed by atoms with E-state index in [0.717, 1.165) is 11.3 Å². The zero-order valence-corrected chi connectivity index (χ0v) is 13.2. The molecule has 0 atom stereocenters. The Morgan fingerprint density at radius 2 is 1.95 bits per heavy atom. The molecule has 0 aliphatic carbocycles. The number of hydrogen-bond donors (Lipinski definition) is 1. The summed E-state index contributed by atoms with van der Waals surface area (Å²) in [5, 5.41) is 3.29. The highest BCUT2D eigenvalue weighted by molar-refractivity contribution is 6.33. The van der Waals surface area contributed by atoms with Crippen molar-refractivity contribution in [1.29, 1.82) is 0 Å². The van der Waals surface area contributed by atoms with E-state index in [9.17, 15) is 4.79 Å². The van der Waals surface area contributed by atoms with Gasteiger partial charge in [0.05, 0.1) is 10.6 Å². The summed E-state index contributed by atoms with van der Waals surface area (Å²) in [4.78, 5) is 16.2. The first-order valence-corrected chi connectivity index (χ1v) is 7.34. The van der Waals surface area contributed by atoms with E-state index in [-0.39, 0.29) is 5.91 Å². The molecule has 0 saturated heterocycles. The molecular formula is C17H19ClN2O. The smallest absolute Gasteiger partial charge is 0.254 e. The third-order valence-electron chi connectivity index (χ3n) is 3.33. The second-order valence-corrected chi connectivity index (χ2v) is 5.79. The van der Waals surface area contributed by atoms with E-state index in [1.54, 1.807) is 6.07 Å². The molecule has 1 aromatic carbocycles. The van der Waals surface area contributed by atoms with Crippen LogP contribution in [0.3, 0.4) is 0 Å². The molecule has 2 rings (SSSR count). The van der Waals surface area contributed by atoms with E-state index < -0.39 is 0 Å². The molecule has 21 heavy (non-hydrogen) atoms. The molecule has 0 spiro atoms. The summed E-state index contributed by atoms with van der Waals surface area (Å²) < 4.78 is 0. The molecule has 110 valence electrons. The van der Waals surface area contributed by atoms with E-state index >= 15 is 0 Å². The maximum atomic E-state index is 12.1. The van der Waals surface area contributed by atoms with Gasteiger partial charge in [-0.2, -0.15) is 0 Å². The number of carbonyl (C=O) groups excluding carboxylic acids is 1. The molecule has 0 aliphatic rings. The highest BCUT2D eigenvalue weighted by Crippen LogP contribution is 2.16. The minimum Gasteiger partial charge on any atom is -0.348 e. The van der Waals surface area contributed by atoms with Crippen molar-refractivity contribution < 1.29 is 4.79 Å². The number of benzene rings is 1. The van der Waals surface area contributed by atoms with E-state index in [1.165, 1.54) is 11.8 Å². The Hall–Kier alpha value is -1.87. The first-order valence-electron chi connectivity index (χ1n) is 6.96. The number of aromatic nitrogens is 1. The zero-order valence-electron chi connectivity index (χ0n) is 12.5. The molecule has 0 saturated carbocycles. The van der Waals surface area contributed by atoms with Gasteiger partial charge in [0.2, 0.25) is 0 Å². The maximum Gasteiger partial charge on any atom is 0.254 e. The van der Waals surface area contributed by atoms with Crippen LogP contribution in [0, 0.1) is 6.92 Å². The summed E-state index contributed by atoms with van der Waals surface area (Å²) in [5.74, 6) is 0.298. The highest BCUT2D eigenvalue weighted by atomic mass is 35.5. The van der Waals surface area contributed by atoms with Crippen molar-refractivity contribution in [2.45, 2.75) is 33.2 Å². The Bertz CT molecular complexity index is 636. The number of carbonyl (C=O) groups is 1. The second kappa shape index (κ2) is 6.72. The van der Waals surface area contributed by atoms with Crippen molar-refractivity contribution in [3.8, 4) is 0 Å². The van der Waals surface area contributed by atoms with Crippen LogP contribution in [0.4, 0.5) is 0 Å². The Morgan fingerprint density at radius 3 is 2.52 bits per heavy atom. The predicted octanol–water partition coefficient (Wildman–Crippen LogP) is 4.10. The van der Waals surface area contributed by atoms with Crippen molar-refractivity contribution in [1.82, 2.24) is 10.3 Å². The Labute approximate surface area is 130 Å². The van der Waals surface area contributed by atoms with Crippen LogP contribution in [0.5, 0.6) is 0 Å². The molecule has 0 aliphatic heterocycles. The van der Waals surface area contributed by atoms with E-state index in [0.29, 0.717) is 23.0 Å². The van der Waals surface area contributed by atoms with E-state index in [2.05, 4.69) is 36.3 Å². The Kier molecular flexibility index (Phi) is 4.97. The Morgan fingerprint density at radius 1 is 1.29 bits per heavy atom.